The molecule has 2 aromatic carbocycles. The Bertz CT molecular complexity index is 605. The molecule has 0 heterocycles. The van der Waals surface area contributed by atoms with Crippen molar-refractivity contribution in [3.8, 4) is 5.75 Å². The van der Waals surface area contributed by atoms with Crippen molar-refractivity contribution in [3.63, 3.8) is 0 Å². The second-order valence-corrected chi connectivity index (χ2v) is 5.14. The molecule has 0 saturated carbocycles. The molecule has 104 valence electrons. The van der Waals surface area contributed by atoms with E-state index < -0.39 is 0 Å². The van der Waals surface area contributed by atoms with Crippen molar-refractivity contribution in [2.24, 2.45) is 0 Å². The molecule has 0 bridgehead atoms. The van der Waals surface area contributed by atoms with Crippen molar-refractivity contribution in [3.05, 3.63) is 59.7 Å². The zero-order valence-corrected chi connectivity index (χ0v) is 11.8. The largest absolute Gasteiger partial charge is 0.508 e. The summed E-state index contributed by atoms with van der Waals surface area (Å²) in [5.74, 6) is 0.453. The van der Waals surface area contributed by atoms with Crippen molar-refractivity contribution in [2.75, 3.05) is 5.32 Å². The SMILES string of the molecule is CC(C)c1ccccc1NC(=O)Cc1cccc(O)c1. The molecule has 0 radical (unpaired) electrons. The summed E-state index contributed by atoms with van der Waals surface area (Å²) in [6.45, 7) is 4.19. The van der Waals surface area contributed by atoms with Crippen LogP contribution < -0.4 is 5.32 Å². The fraction of sp³-hybridized carbons (Fsp3) is 0.235. The van der Waals surface area contributed by atoms with Gasteiger partial charge >= 0.3 is 0 Å². The molecular weight excluding hydrogens is 250 g/mol. The van der Waals surface area contributed by atoms with Crippen LogP contribution in [0.5, 0.6) is 5.75 Å². The molecule has 2 N–H and O–H groups in total. The molecule has 0 aromatic heterocycles. The number of benzene rings is 2. The summed E-state index contributed by atoms with van der Waals surface area (Å²) in [7, 11) is 0. The lowest BCUT2D eigenvalue weighted by atomic mass is 10.0. The van der Waals surface area contributed by atoms with Gasteiger partial charge in [-0.2, -0.15) is 0 Å². The van der Waals surface area contributed by atoms with Gasteiger partial charge in [0.1, 0.15) is 5.75 Å². The lowest BCUT2D eigenvalue weighted by molar-refractivity contribution is -0.115. The summed E-state index contributed by atoms with van der Waals surface area (Å²) in [6, 6.07) is 14.6. The highest BCUT2D eigenvalue weighted by Gasteiger charge is 2.09. The number of hydrogen-bond acceptors (Lipinski definition) is 2. The van der Waals surface area contributed by atoms with E-state index in [2.05, 4.69) is 19.2 Å². The summed E-state index contributed by atoms with van der Waals surface area (Å²) >= 11 is 0. The van der Waals surface area contributed by atoms with Crippen molar-refractivity contribution in [1.82, 2.24) is 0 Å². The number of anilines is 1. The monoisotopic (exact) mass is 269 g/mol. The Balaban J connectivity index is 2.09. The predicted octanol–water partition coefficient (Wildman–Crippen LogP) is 3.70. The molecule has 0 unspecified atom stereocenters. The second kappa shape index (κ2) is 6.24. The Morgan fingerprint density at radius 2 is 1.90 bits per heavy atom. The maximum atomic E-state index is 12.1. The molecule has 0 fully saturated rings. The van der Waals surface area contributed by atoms with E-state index in [9.17, 15) is 9.90 Å². The van der Waals surface area contributed by atoms with Crippen molar-refractivity contribution in [2.45, 2.75) is 26.2 Å². The van der Waals surface area contributed by atoms with Crippen molar-refractivity contribution >= 4 is 11.6 Å². The summed E-state index contributed by atoms with van der Waals surface area (Å²) in [5, 5.41) is 12.3. The minimum absolute atomic E-state index is 0.0799. The van der Waals surface area contributed by atoms with E-state index >= 15 is 0 Å². The van der Waals surface area contributed by atoms with Gasteiger partial charge in [-0.15, -0.1) is 0 Å². The lowest BCUT2D eigenvalue weighted by Gasteiger charge is -2.13. The van der Waals surface area contributed by atoms with Crippen LogP contribution in [-0.2, 0) is 11.2 Å². The number of para-hydroxylation sites is 1. The molecule has 0 atom stereocenters. The maximum Gasteiger partial charge on any atom is 0.228 e. The van der Waals surface area contributed by atoms with Crippen LogP contribution in [0.2, 0.25) is 0 Å². The first kappa shape index (κ1) is 14.1. The minimum atomic E-state index is -0.0799. The van der Waals surface area contributed by atoms with Crippen LogP contribution in [0, 0.1) is 0 Å². The summed E-state index contributed by atoms with van der Waals surface area (Å²) < 4.78 is 0. The summed E-state index contributed by atoms with van der Waals surface area (Å²) in [6.07, 6.45) is 0.251. The number of rotatable bonds is 4. The van der Waals surface area contributed by atoms with Gasteiger partial charge in [0.05, 0.1) is 6.42 Å². The molecule has 0 aliphatic rings. The van der Waals surface area contributed by atoms with Crippen LogP contribution >= 0.6 is 0 Å². The van der Waals surface area contributed by atoms with E-state index in [-0.39, 0.29) is 18.1 Å². The standard InChI is InChI=1S/C17H19NO2/c1-12(2)15-8-3-4-9-16(15)18-17(20)11-13-6-5-7-14(19)10-13/h3-10,12,19H,11H2,1-2H3,(H,18,20). The Hall–Kier alpha value is -2.29. The lowest BCUT2D eigenvalue weighted by Crippen LogP contribution is -2.15. The van der Waals surface area contributed by atoms with Crippen molar-refractivity contribution < 1.29 is 9.90 Å². The zero-order valence-electron chi connectivity index (χ0n) is 11.8. The Morgan fingerprint density at radius 3 is 2.60 bits per heavy atom. The first-order valence-electron chi connectivity index (χ1n) is 6.73. The number of phenolic OH excluding ortho intramolecular Hbond substituents is 1. The van der Waals surface area contributed by atoms with E-state index in [0.29, 0.717) is 5.92 Å². The van der Waals surface area contributed by atoms with E-state index in [1.54, 1.807) is 18.2 Å². The topological polar surface area (TPSA) is 49.3 Å². The number of phenols is 1. The molecule has 0 aliphatic carbocycles. The minimum Gasteiger partial charge on any atom is -0.508 e. The number of nitrogens with one attached hydrogen (secondary N) is 1. The summed E-state index contributed by atoms with van der Waals surface area (Å²) in [4.78, 5) is 12.1. The van der Waals surface area contributed by atoms with Gasteiger partial charge < -0.3 is 10.4 Å². The third-order valence-corrected chi connectivity index (χ3v) is 3.13. The number of aromatic hydroxyl groups is 1. The molecule has 0 saturated heterocycles. The number of carbonyl (C=O) groups excluding carboxylic acids is 1. The molecule has 0 aliphatic heterocycles. The zero-order chi connectivity index (χ0) is 14.5. The number of carbonyl (C=O) groups is 1. The first-order chi connectivity index (χ1) is 9.56. The normalized spacial score (nSPS) is 10.6. The first-order valence-corrected chi connectivity index (χ1v) is 6.73. The van der Waals surface area contributed by atoms with Crippen LogP contribution in [-0.4, -0.2) is 11.0 Å². The van der Waals surface area contributed by atoms with Gasteiger partial charge in [-0.3, -0.25) is 4.79 Å². The van der Waals surface area contributed by atoms with Gasteiger partial charge in [-0.05, 0) is 35.2 Å². The molecule has 2 aromatic rings. The van der Waals surface area contributed by atoms with Gasteiger partial charge in [0.15, 0.2) is 0 Å². The van der Waals surface area contributed by atoms with E-state index in [0.717, 1.165) is 16.8 Å². The molecular formula is C17H19NO2. The molecule has 3 nitrogen and oxygen atoms in total. The third kappa shape index (κ3) is 3.60. The highest BCUT2D eigenvalue weighted by atomic mass is 16.3. The fourth-order valence-corrected chi connectivity index (χ4v) is 2.16. The third-order valence-electron chi connectivity index (χ3n) is 3.13. The second-order valence-electron chi connectivity index (χ2n) is 5.14. The van der Waals surface area contributed by atoms with Gasteiger partial charge in [0.2, 0.25) is 5.91 Å². The van der Waals surface area contributed by atoms with E-state index in [1.165, 1.54) is 0 Å². The van der Waals surface area contributed by atoms with Gasteiger partial charge in [0.25, 0.3) is 0 Å². The Morgan fingerprint density at radius 1 is 1.15 bits per heavy atom. The predicted molar refractivity (Wildman–Crippen MR) is 81.0 cm³/mol. The number of hydrogen-bond donors (Lipinski definition) is 2. The van der Waals surface area contributed by atoms with E-state index in [4.69, 9.17) is 0 Å². The average Bonchev–Trinajstić information content (AvgIpc) is 2.38. The van der Waals surface area contributed by atoms with Crippen LogP contribution in [0.3, 0.4) is 0 Å². The highest BCUT2D eigenvalue weighted by Crippen LogP contribution is 2.23. The molecule has 2 rings (SSSR count). The van der Waals surface area contributed by atoms with Crippen LogP contribution in [0.1, 0.15) is 30.9 Å². The average molecular weight is 269 g/mol. The molecule has 3 heteroatoms. The fourth-order valence-electron chi connectivity index (χ4n) is 2.16. The number of amides is 1. The molecule has 20 heavy (non-hydrogen) atoms. The van der Waals surface area contributed by atoms with Gasteiger partial charge in [0, 0.05) is 5.69 Å². The Labute approximate surface area is 119 Å². The smallest absolute Gasteiger partial charge is 0.228 e. The summed E-state index contributed by atoms with van der Waals surface area (Å²) in [5.41, 5.74) is 2.77. The molecule has 1 amide bonds. The van der Waals surface area contributed by atoms with Crippen molar-refractivity contribution in [1.29, 1.82) is 0 Å². The maximum absolute atomic E-state index is 12.1. The van der Waals surface area contributed by atoms with Crippen LogP contribution in [0.4, 0.5) is 5.69 Å². The van der Waals surface area contributed by atoms with E-state index in [1.807, 2.05) is 30.3 Å². The quantitative estimate of drug-likeness (QED) is 0.889. The molecule has 0 spiro atoms. The van der Waals surface area contributed by atoms with Crippen LogP contribution in [0.15, 0.2) is 48.5 Å². The Kier molecular flexibility index (Phi) is 4.41. The highest BCUT2D eigenvalue weighted by molar-refractivity contribution is 5.93. The van der Waals surface area contributed by atoms with Gasteiger partial charge in [-0.25, -0.2) is 0 Å². The van der Waals surface area contributed by atoms with Crippen LogP contribution in [0.25, 0.3) is 0 Å². The van der Waals surface area contributed by atoms with Gasteiger partial charge in [-0.1, -0.05) is 44.2 Å².